The molecule has 0 saturated heterocycles. The van der Waals surface area contributed by atoms with E-state index in [0.717, 1.165) is 5.56 Å². The van der Waals surface area contributed by atoms with Crippen LogP contribution in [0.4, 0.5) is 0 Å². The molecule has 0 aliphatic rings. The molecule has 0 amide bonds. The van der Waals surface area contributed by atoms with E-state index in [-0.39, 0.29) is 6.61 Å². The lowest BCUT2D eigenvalue weighted by Gasteiger charge is -2.14. The average molecular weight is 375 g/mol. The number of hydrogen-bond donors (Lipinski definition) is 1. The summed E-state index contributed by atoms with van der Waals surface area (Å²) in [4.78, 5) is 0. The van der Waals surface area contributed by atoms with E-state index in [1.807, 2.05) is 13.0 Å². The van der Waals surface area contributed by atoms with Gasteiger partial charge in [-0.1, -0.05) is 46.0 Å². The molecule has 0 bridgehead atoms. The van der Waals surface area contributed by atoms with Crippen molar-refractivity contribution in [2.24, 2.45) is 5.16 Å². The fourth-order valence-corrected chi connectivity index (χ4v) is 2.51. The van der Waals surface area contributed by atoms with Crippen LogP contribution >= 0.6 is 34.8 Å². The second-order valence-corrected chi connectivity index (χ2v) is 5.77. The van der Waals surface area contributed by atoms with Gasteiger partial charge in [0.1, 0.15) is 6.61 Å². The van der Waals surface area contributed by atoms with E-state index in [2.05, 4.69) is 5.16 Å². The van der Waals surface area contributed by atoms with Crippen LogP contribution < -0.4 is 9.47 Å². The average Bonchev–Trinajstić information content (AvgIpc) is 2.50. The molecule has 0 aliphatic heterocycles. The zero-order chi connectivity index (χ0) is 16.8. The van der Waals surface area contributed by atoms with E-state index >= 15 is 0 Å². The highest BCUT2D eigenvalue weighted by atomic mass is 35.5. The molecule has 0 saturated carbocycles. The topological polar surface area (TPSA) is 51.0 Å². The van der Waals surface area contributed by atoms with Crippen molar-refractivity contribution in [1.29, 1.82) is 0 Å². The molecule has 7 heteroatoms. The molecule has 0 heterocycles. The van der Waals surface area contributed by atoms with Gasteiger partial charge in [-0.3, -0.25) is 0 Å². The van der Waals surface area contributed by atoms with E-state index in [1.165, 1.54) is 6.21 Å². The SMILES string of the molecule is CCOc1cc(C=NO)cc(Cl)c1OCc1ccc(Cl)c(Cl)c1. The maximum absolute atomic E-state index is 8.63. The molecule has 2 aromatic carbocycles. The number of oxime groups is 1. The van der Waals surface area contributed by atoms with Crippen LogP contribution in [0.3, 0.4) is 0 Å². The van der Waals surface area contributed by atoms with Gasteiger partial charge in [-0.25, -0.2) is 0 Å². The van der Waals surface area contributed by atoms with Crippen molar-refractivity contribution in [1.82, 2.24) is 0 Å². The molecular formula is C16H14Cl3NO3. The van der Waals surface area contributed by atoms with Crippen LogP contribution in [0.2, 0.25) is 15.1 Å². The minimum absolute atomic E-state index is 0.254. The van der Waals surface area contributed by atoms with Crippen molar-refractivity contribution in [3.63, 3.8) is 0 Å². The van der Waals surface area contributed by atoms with Gasteiger partial charge in [0.05, 0.1) is 27.9 Å². The third kappa shape index (κ3) is 4.67. The third-order valence-electron chi connectivity index (χ3n) is 2.91. The Morgan fingerprint density at radius 1 is 1.04 bits per heavy atom. The molecule has 0 aromatic heterocycles. The Labute approximate surface area is 149 Å². The Bertz CT molecular complexity index is 720. The Balaban J connectivity index is 2.25. The normalized spacial score (nSPS) is 11.0. The monoisotopic (exact) mass is 373 g/mol. The smallest absolute Gasteiger partial charge is 0.180 e. The molecule has 23 heavy (non-hydrogen) atoms. The number of halogens is 3. The van der Waals surface area contributed by atoms with E-state index < -0.39 is 0 Å². The Hall–Kier alpha value is -1.62. The van der Waals surface area contributed by atoms with E-state index in [0.29, 0.717) is 38.7 Å². The lowest BCUT2D eigenvalue weighted by molar-refractivity contribution is 0.269. The summed E-state index contributed by atoms with van der Waals surface area (Å²) < 4.78 is 11.3. The van der Waals surface area contributed by atoms with Gasteiger partial charge in [0.25, 0.3) is 0 Å². The summed E-state index contributed by atoms with van der Waals surface area (Å²) in [6.45, 7) is 2.55. The van der Waals surface area contributed by atoms with Crippen molar-refractivity contribution < 1.29 is 14.7 Å². The second-order valence-electron chi connectivity index (χ2n) is 4.54. The summed E-state index contributed by atoms with van der Waals surface area (Å²) >= 11 is 18.1. The van der Waals surface area contributed by atoms with Gasteiger partial charge in [-0.15, -0.1) is 0 Å². The first-order valence-corrected chi connectivity index (χ1v) is 7.89. The first-order chi connectivity index (χ1) is 11.0. The quantitative estimate of drug-likeness (QED) is 0.416. The lowest BCUT2D eigenvalue weighted by atomic mass is 10.2. The van der Waals surface area contributed by atoms with Crippen molar-refractivity contribution in [2.45, 2.75) is 13.5 Å². The third-order valence-corrected chi connectivity index (χ3v) is 3.93. The summed E-state index contributed by atoms with van der Waals surface area (Å²) in [6.07, 6.45) is 1.26. The number of nitrogens with zero attached hydrogens (tertiary/aromatic N) is 1. The van der Waals surface area contributed by atoms with Gasteiger partial charge in [0.15, 0.2) is 11.5 Å². The van der Waals surface area contributed by atoms with Gasteiger partial charge in [0.2, 0.25) is 0 Å². The zero-order valence-electron chi connectivity index (χ0n) is 12.2. The standard InChI is InChI=1S/C16H14Cl3NO3/c1-2-22-15-7-11(8-20-21)6-14(19)16(15)23-9-10-3-4-12(17)13(18)5-10/h3-8,21H,2,9H2,1H3. The predicted octanol–water partition coefficient (Wildman–Crippen LogP) is 5.43. The molecule has 0 fully saturated rings. The second kappa shape index (κ2) is 8.29. The van der Waals surface area contributed by atoms with Crippen LogP contribution in [0, 0.1) is 0 Å². The Morgan fingerprint density at radius 2 is 1.83 bits per heavy atom. The molecule has 0 radical (unpaired) electrons. The minimum atomic E-state index is 0.254. The molecule has 2 rings (SSSR count). The van der Waals surface area contributed by atoms with Gasteiger partial charge >= 0.3 is 0 Å². The maximum Gasteiger partial charge on any atom is 0.180 e. The molecule has 0 unspecified atom stereocenters. The van der Waals surface area contributed by atoms with Crippen molar-refractivity contribution >= 4 is 41.0 Å². The van der Waals surface area contributed by atoms with Gasteiger partial charge in [0, 0.05) is 5.56 Å². The zero-order valence-corrected chi connectivity index (χ0v) is 14.5. The molecule has 1 N–H and O–H groups in total. The van der Waals surface area contributed by atoms with E-state index in [1.54, 1.807) is 24.3 Å². The van der Waals surface area contributed by atoms with Gasteiger partial charge < -0.3 is 14.7 Å². The lowest BCUT2D eigenvalue weighted by Crippen LogP contribution is -2.01. The summed E-state index contributed by atoms with van der Waals surface area (Å²) in [5.41, 5.74) is 1.45. The summed E-state index contributed by atoms with van der Waals surface area (Å²) in [5.74, 6) is 0.879. The Morgan fingerprint density at radius 3 is 2.48 bits per heavy atom. The Kier molecular flexibility index (Phi) is 6.39. The van der Waals surface area contributed by atoms with Gasteiger partial charge in [-0.05, 0) is 36.8 Å². The molecule has 0 spiro atoms. The first kappa shape index (κ1) is 17.7. The summed E-state index contributed by atoms with van der Waals surface area (Å²) in [5, 5.41) is 12.9. The largest absolute Gasteiger partial charge is 0.490 e. The highest BCUT2D eigenvalue weighted by Gasteiger charge is 2.13. The first-order valence-electron chi connectivity index (χ1n) is 6.75. The number of ether oxygens (including phenoxy) is 2. The van der Waals surface area contributed by atoms with Crippen molar-refractivity contribution in [3.05, 3.63) is 56.5 Å². The molecule has 0 atom stereocenters. The van der Waals surface area contributed by atoms with Crippen molar-refractivity contribution in [2.75, 3.05) is 6.61 Å². The van der Waals surface area contributed by atoms with E-state index in [4.69, 9.17) is 49.5 Å². The van der Waals surface area contributed by atoms with Crippen LogP contribution in [0.5, 0.6) is 11.5 Å². The maximum atomic E-state index is 8.63. The fraction of sp³-hybridized carbons (Fsp3) is 0.188. The van der Waals surface area contributed by atoms with E-state index in [9.17, 15) is 0 Å². The van der Waals surface area contributed by atoms with Crippen LogP contribution in [-0.2, 0) is 6.61 Å². The van der Waals surface area contributed by atoms with Crippen LogP contribution in [0.25, 0.3) is 0 Å². The molecule has 4 nitrogen and oxygen atoms in total. The predicted molar refractivity (Wildman–Crippen MR) is 92.8 cm³/mol. The summed E-state index contributed by atoms with van der Waals surface area (Å²) in [7, 11) is 0. The van der Waals surface area contributed by atoms with Crippen LogP contribution in [0.15, 0.2) is 35.5 Å². The number of hydrogen-bond acceptors (Lipinski definition) is 4. The highest BCUT2D eigenvalue weighted by Crippen LogP contribution is 2.37. The molecule has 122 valence electrons. The van der Waals surface area contributed by atoms with Crippen molar-refractivity contribution in [3.8, 4) is 11.5 Å². The number of benzene rings is 2. The van der Waals surface area contributed by atoms with Crippen LogP contribution in [-0.4, -0.2) is 18.0 Å². The minimum Gasteiger partial charge on any atom is -0.490 e. The number of rotatable bonds is 6. The molecule has 0 aliphatic carbocycles. The molecular weight excluding hydrogens is 361 g/mol. The summed E-state index contributed by atoms with van der Waals surface area (Å²) in [6, 6.07) is 8.54. The van der Waals surface area contributed by atoms with Crippen LogP contribution in [0.1, 0.15) is 18.1 Å². The van der Waals surface area contributed by atoms with Gasteiger partial charge in [-0.2, -0.15) is 0 Å². The highest BCUT2D eigenvalue weighted by molar-refractivity contribution is 6.42. The molecule has 2 aromatic rings. The fourth-order valence-electron chi connectivity index (χ4n) is 1.92.